The number of carbonyl (C=O) groups excluding carboxylic acids is 1. The summed E-state index contributed by atoms with van der Waals surface area (Å²) < 4.78 is 26.3. The van der Waals surface area contributed by atoms with E-state index < -0.39 is 15.3 Å². The number of hydrogen-bond donors (Lipinski definition) is 4. The Morgan fingerprint density at radius 1 is 1.24 bits per heavy atom. The second-order valence-electron chi connectivity index (χ2n) is 9.56. The number of aromatic nitrogens is 2. The van der Waals surface area contributed by atoms with Crippen LogP contribution in [0, 0.1) is 0 Å². The van der Waals surface area contributed by atoms with Crippen LogP contribution in [0.15, 0.2) is 30.3 Å². The topological polar surface area (TPSA) is 120 Å². The fourth-order valence-electron chi connectivity index (χ4n) is 4.48. The molecular weight excluding hydrogens is 454 g/mol. The third kappa shape index (κ3) is 5.00. The van der Waals surface area contributed by atoms with Gasteiger partial charge in [-0.25, -0.2) is 14.8 Å². The van der Waals surface area contributed by atoms with E-state index in [2.05, 4.69) is 22.5 Å². The van der Waals surface area contributed by atoms with Gasteiger partial charge in [0, 0.05) is 36.2 Å². The monoisotopic (exact) mass is 489 g/mol. The van der Waals surface area contributed by atoms with Gasteiger partial charge in [-0.1, -0.05) is 0 Å². The summed E-state index contributed by atoms with van der Waals surface area (Å²) in [5.74, 6) is 1.29. The number of benzene rings is 1. The zero-order chi connectivity index (χ0) is 24.5. The van der Waals surface area contributed by atoms with Crippen molar-refractivity contribution in [2.75, 3.05) is 36.2 Å². The molecule has 4 N–H and O–H groups in total. The quantitative estimate of drug-likeness (QED) is 0.466. The Morgan fingerprint density at radius 2 is 1.94 bits per heavy atom. The van der Waals surface area contributed by atoms with Gasteiger partial charge in [-0.3, -0.25) is 9.11 Å². The Balaban J connectivity index is 1.70. The van der Waals surface area contributed by atoms with Crippen molar-refractivity contribution in [3.05, 3.63) is 36.0 Å². The highest BCUT2D eigenvalue weighted by atomic mass is 32.3. The molecule has 0 spiro atoms. The molecule has 34 heavy (non-hydrogen) atoms. The van der Waals surface area contributed by atoms with E-state index in [1.54, 1.807) is 0 Å². The normalized spacial score (nSPS) is 20.6. The minimum Gasteiger partial charge on any atom is -0.377 e. The van der Waals surface area contributed by atoms with Crippen molar-refractivity contribution in [2.24, 2.45) is 0 Å². The molecule has 2 aromatic rings. The van der Waals surface area contributed by atoms with Crippen molar-refractivity contribution in [1.82, 2.24) is 15.3 Å². The van der Waals surface area contributed by atoms with Crippen LogP contribution < -0.4 is 15.5 Å². The van der Waals surface area contributed by atoms with Crippen molar-refractivity contribution in [1.29, 1.82) is 0 Å². The second kappa shape index (κ2) is 9.69. The Morgan fingerprint density at radius 3 is 2.50 bits per heavy atom. The molecule has 1 aliphatic carbocycles. The highest BCUT2D eigenvalue weighted by molar-refractivity contribution is 8.24. The van der Waals surface area contributed by atoms with Gasteiger partial charge < -0.3 is 20.3 Å². The number of amides is 2. The number of nitrogens with one attached hydrogen (secondary N) is 2. The van der Waals surface area contributed by atoms with Gasteiger partial charge in [0.2, 0.25) is 0 Å². The second-order valence-corrected chi connectivity index (χ2v) is 12.0. The first kappa shape index (κ1) is 24.7. The minimum atomic E-state index is -2.86. The maximum absolute atomic E-state index is 12.0. The summed E-state index contributed by atoms with van der Waals surface area (Å²) in [4.78, 5) is 23.9. The van der Waals surface area contributed by atoms with Gasteiger partial charge in [-0.05, 0) is 64.3 Å². The van der Waals surface area contributed by atoms with Crippen LogP contribution in [0.25, 0.3) is 11.4 Å². The van der Waals surface area contributed by atoms with Crippen molar-refractivity contribution < 1.29 is 18.6 Å². The van der Waals surface area contributed by atoms with E-state index in [1.165, 1.54) is 6.26 Å². The predicted octanol–water partition coefficient (Wildman–Crippen LogP) is 4.66. The lowest BCUT2D eigenvalue weighted by molar-refractivity contribution is 0.0985. The molecule has 4 rings (SSSR count). The molecule has 0 unspecified atom stereocenters. The first-order chi connectivity index (χ1) is 16.1. The summed E-state index contributed by atoms with van der Waals surface area (Å²) in [6.07, 6.45) is 3.83. The van der Waals surface area contributed by atoms with Gasteiger partial charge in [0.05, 0.1) is 24.9 Å². The average Bonchev–Trinajstić information content (AvgIpc) is 2.72. The number of carbonyl (C=O) groups is 1. The molecule has 1 aromatic heterocycles. The number of anilines is 2. The van der Waals surface area contributed by atoms with E-state index in [0.717, 1.165) is 17.8 Å². The summed E-state index contributed by atoms with van der Waals surface area (Å²) in [6.45, 7) is 7.84. The molecule has 2 aliphatic rings. The molecule has 1 saturated heterocycles. The molecule has 0 bridgehead atoms. The van der Waals surface area contributed by atoms with Crippen LogP contribution in [0.2, 0.25) is 0 Å². The number of urea groups is 1. The summed E-state index contributed by atoms with van der Waals surface area (Å²) in [7, 11) is -2.86. The van der Waals surface area contributed by atoms with Crippen molar-refractivity contribution in [3.8, 4) is 11.4 Å². The molecule has 1 aromatic carbocycles. The SMILES string of the molecule is CC(C)NC(=O)Nc1ccc(-c2nc(N3CCOC[C@@H]3C)cc(C3(S(C)(O)O)CCC3)n2)cc1. The van der Waals surface area contributed by atoms with Crippen LogP contribution in [0.5, 0.6) is 0 Å². The zero-order valence-corrected chi connectivity index (χ0v) is 21.1. The lowest BCUT2D eigenvalue weighted by Gasteiger charge is -2.53. The first-order valence-electron chi connectivity index (χ1n) is 11.7. The van der Waals surface area contributed by atoms with Gasteiger partial charge in [-0.2, -0.15) is 10.6 Å². The molecule has 1 aliphatic heterocycles. The van der Waals surface area contributed by atoms with E-state index in [-0.39, 0.29) is 18.1 Å². The number of nitrogens with zero attached hydrogens (tertiary/aromatic N) is 3. The van der Waals surface area contributed by atoms with Crippen LogP contribution >= 0.6 is 10.6 Å². The number of rotatable bonds is 6. The zero-order valence-electron chi connectivity index (χ0n) is 20.2. The maximum atomic E-state index is 12.0. The Kier molecular flexibility index (Phi) is 7.04. The minimum absolute atomic E-state index is 0.0427. The van der Waals surface area contributed by atoms with E-state index in [4.69, 9.17) is 14.7 Å². The molecular formula is C24H35N5O4S. The van der Waals surface area contributed by atoms with Gasteiger partial charge in [0.15, 0.2) is 5.82 Å². The summed E-state index contributed by atoms with van der Waals surface area (Å²) in [5, 5.41) is 5.62. The Hall–Kier alpha value is -2.40. The number of ether oxygens (including phenoxy) is 1. The van der Waals surface area contributed by atoms with Crippen LogP contribution in [-0.4, -0.2) is 63.2 Å². The van der Waals surface area contributed by atoms with Gasteiger partial charge in [0.1, 0.15) is 10.6 Å². The average molecular weight is 490 g/mol. The maximum Gasteiger partial charge on any atom is 0.319 e. The Labute approximate surface area is 202 Å². The summed E-state index contributed by atoms with van der Waals surface area (Å²) >= 11 is 0. The third-order valence-electron chi connectivity index (χ3n) is 6.56. The van der Waals surface area contributed by atoms with Crippen molar-refractivity contribution in [3.63, 3.8) is 0 Å². The molecule has 186 valence electrons. The largest absolute Gasteiger partial charge is 0.377 e. The van der Waals surface area contributed by atoms with Crippen LogP contribution in [0.4, 0.5) is 16.3 Å². The summed E-state index contributed by atoms with van der Waals surface area (Å²) in [6, 6.07) is 9.22. The van der Waals surface area contributed by atoms with E-state index in [9.17, 15) is 13.9 Å². The molecule has 9 nitrogen and oxygen atoms in total. The Bertz CT molecular complexity index is 1020. The van der Waals surface area contributed by atoms with E-state index >= 15 is 0 Å². The van der Waals surface area contributed by atoms with Gasteiger partial charge in [0.25, 0.3) is 0 Å². The molecule has 0 radical (unpaired) electrons. The standard InChI is InChI=1S/C24H35N5O4S/c1-16(2)25-23(30)26-19-8-6-18(7-9-19)22-27-20(24(10-5-11-24)34(4,31)32)14-21(28-22)29-12-13-33-15-17(29)3/h6-9,14,16-17,31-32H,5,10-13,15H2,1-4H3,(H2,25,26,30)/t17-/m0/s1. The van der Waals surface area contributed by atoms with E-state index in [1.807, 2.05) is 44.2 Å². The fraction of sp³-hybridized carbons (Fsp3) is 0.542. The van der Waals surface area contributed by atoms with Crippen molar-refractivity contribution >= 4 is 28.1 Å². The highest BCUT2D eigenvalue weighted by Gasteiger charge is 2.49. The van der Waals surface area contributed by atoms with Gasteiger partial charge in [-0.15, -0.1) is 0 Å². The predicted molar refractivity (Wildman–Crippen MR) is 137 cm³/mol. The van der Waals surface area contributed by atoms with Crippen LogP contribution in [0.1, 0.15) is 45.7 Å². The van der Waals surface area contributed by atoms with E-state index in [0.29, 0.717) is 49.8 Å². The van der Waals surface area contributed by atoms with Crippen molar-refractivity contribution in [2.45, 2.75) is 56.9 Å². The molecule has 10 heteroatoms. The highest BCUT2D eigenvalue weighted by Crippen LogP contribution is 2.65. The molecule has 1 atom stereocenters. The lowest BCUT2D eigenvalue weighted by Crippen LogP contribution is -2.45. The van der Waals surface area contributed by atoms with Crippen LogP contribution in [-0.2, 0) is 9.48 Å². The molecule has 2 heterocycles. The first-order valence-corrected chi connectivity index (χ1v) is 13.7. The third-order valence-corrected chi connectivity index (χ3v) is 8.66. The molecule has 2 amide bonds. The smallest absolute Gasteiger partial charge is 0.319 e. The fourth-order valence-corrected chi connectivity index (χ4v) is 6.05. The van der Waals surface area contributed by atoms with Crippen LogP contribution in [0.3, 0.4) is 0 Å². The molecule has 2 fully saturated rings. The molecule has 1 saturated carbocycles. The van der Waals surface area contributed by atoms with Gasteiger partial charge >= 0.3 is 6.03 Å². The number of morpholine rings is 1. The summed E-state index contributed by atoms with van der Waals surface area (Å²) in [5.41, 5.74) is 2.14. The lowest BCUT2D eigenvalue weighted by atomic mass is 9.81. The number of hydrogen-bond acceptors (Lipinski definition) is 7.